The number of hydrogen-bond donors (Lipinski definition) is 2. The second-order valence-corrected chi connectivity index (χ2v) is 5.39. The Labute approximate surface area is 92.7 Å². The summed E-state index contributed by atoms with van der Waals surface area (Å²) in [4.78, 5) is 0. The van der Waals surface area contributed by atoms with Crippen LogP contribution in [0.1, 0.15) is 47.0 Å². The van der Waals surface area contributed by atoms with Gasteiger partial charge >= 0.3 is 0 Å². The molecule has 1 aliphatic rings. The van der Waals surface area contributed by atoms with Gasteiger partial charge in [-0.2, -0.15) is 0 Å². The molecule has 0 amide bonds. The summed E-state index contributed by atoms with van der Waals surface area (Å²) in [6, 6.07) is 0. The highest BCUT2D eigenvalue weighted by Crippen LogP contribution is 2.46. The molecule has 1 saturated carbocycles. The maximum absolute atomic E-state index is 10.6. The summed E-state index contributed by atoms with van der Waals surface area (Å²) in [6.45, 7) is 7.77. The fourth-order valence-corrected chi connectivity index (χ4v) is 2.42. The van der Waals surface area contributed by atoms with Crippen molar-refractivity contribution in [2.75, 3.05) is 0 Å². The minimum Gasteiger partial charge on any atom is -0.381 e. The number of aliphatic hydroxyl groups is 2. The molecule has 0 heterocycles. The molecular weight excluding hydrogens is 188 g/mol. The monoisotopic (exact) mass is 210 g/mol. The second-order valence-electron chi connectivity index (χ2n) is 5.39. The van der Waals surface area contributed by atoms with Gasteiger partial charge in [0.25, 0.3) is 0 Å². The van der Waals surface area contributed by atoms with E-state index in [0.717, 1.165) is 19.3 Å². The van der Waals surface area contributed by atoms with Gasteiger partial charge < -0.3 is 10.2 Å². The molecule has 3 atom stereocenters. The minimum absolute atomic E-state index is 0.174. The Morgan fingerprint density at radius 1 is 1.40 bits per heavy atom. The van der Waals surface area contributed by atoms with Crippen molar-refractivity contribution in [3.63, 3.8) is 0 Å². The van der Waals surface area contributed by atoms with Gasteiger partial charge in [-0.15, -0.1) is 0 Å². The average Bonchev–Trinajstić information content (AvgIpc) is 2.11. The third kappa shape index (κ3) is 2.35. The Morgan fingerprint density at radius 3 is 2.47 bits per heavy atom. The summed E-state index contributed by atoms with van der Waals surface area (Å²) in [5.74, 6) is 5.76. The van der Waals surface area contributed by atoms with Crippen LogP contribution in [0.2, 0.25) is 0 Å². The summed E-state index contributed by atoms with van der Waals surface area (Å²) in [5, 5.41) is 19.8. The molecule has 0 aliphatic heterocycles. The minimum atomic E-state index is -0.956. The third-order valence-electron chi connectivity index (χ3n) is 3.66. The molecule has 2 heteroatoms. The lowest BCUT2D eigenvalue weighted by molar-refractivity contribution is -0.0862. The molecule has 1 rings (SSSR count). The summed E-state index contributed by atoms with van der Waals surface area (Å²) in [7, 11) is 0. The first-order valence-corrected chi connectivity index (χ1v) is 5.73. The maximum Gasteiger partial charge on any atom is 0.133 e. The molecule has 15 heavy (non-hydrogen) atoms. The van der Waals surface area contributed by atoms with E-state index in [1.165, 1.54) is 0 Å². The summed E-state index contributed by atoms with van der Waals surface area (Å²) >= 11 is 0. The van der Waals surface area contributed by atoms with Crippen molar-refractivity contribution in [1.82, 2.24) is 0 Å². The maximum atomic E-state index is 10.6. The highest BCUT2D eigenvalue weighted by Gasteiger charge is 2.48. The van der Waals surface area contributed by atoms with Gasteiger partial charge in [0.1, 0.15) is 11.7 Å². The van der Waals surface area contributed by atoms with Crippen LogP contribution in [0.4, 0.5) is 0 Å². The SMILES string of the molecule is C[C@H](O)C#C[C@]1(O)[C@H](C)CCCC1(C)C. The lowest BCUT2D eigenvalue weighted by atomic mass is 9.61. The topological polar surface area (TPSA) is 40.5 Å². The van der Waals surface area contributed by atoms with E-state index in [2.05, 4.69) is 25.7 Å². The fourth-order valence-electron chi connectivity index (χ4n) is 2.42. The van der Waals surface area contributed by atoms with E-state index in [9.17, 15) is 5.11 Å². The van der Waals surface area contributed by atoms with Crippen molar-refractivity contribution in [1.29, 1.82) is 0 Å². The van der Waals surface area contributed by atoms with E-state index < -0.39 is 11.7 Å². The molecule has 0 aromatic rings. The van der Waals surface area contributed by atoms with Crippen LogP contribution in [-0.2, 0) is 0 Å². The molecule has 0 spiro atoms. The van der Waals surface area contributed by atoms with Crippen LogP contribution in [0.5, 0.6) is 0 Å². The lowest BCUT2D eigenvalue weighted by Gasteiger charge is -2.47. The first kappa shape index (κ1) is 12.5. The van der Waals surface area contributed by atoms with E-state index in [1.54, 1.807) is 6.92 Å². The van der Waals surface area contributed by atoms with E-state index in [-0.39, 0.29) is 11.3 Å². The Balaban J connectivity index is 3.00. The van der Waals surface area contributed by atoms with Crippen LogP contribution in [0.25, 0.3) is 0 Å². The van der Waals surface area contributed by atoms with Gasteiger partial charge in [0.2, 0.25) is 0 Å². The first-order chi connectivity index (χ1) is 6.79. The zero-order valence-electron chi connectivity index (χ0n) is 10.2. The predicted octanol–water partition coefficient (Wildman–Crippen LogP) is 1.95. The highest BCUT2D eigenvalue weighted by molar-refractivity contribution is 5.23. The largest absolute Gasteiger partial charge is 0.381 e. The molecule has 1 aliphatic carbocycles. The van der Waals surface area contributed by atoms with Crippen LogP contribution in [0.15, 0.2) is 0 Å². The zero-order valence-corrected chi connectivity index (χ0v) is 10.2. The Hall–Kier alpha value is -0.520. The first-order valence-electron chi connectivity index (χ1n) is 5.73. The summed E-state index contributed by atoms with van der Waals surface area (Å²) in [5.41, 5.74) is -1.14. The van der Waals surface area contributed by atoms with Crippen molar-refractivity contribution < 1.29 is 10.2 Å². The van der Waals surface area contributed by atoms with Gasteiger partial charge in [-0.1, -0.05) is 39.0 Å². The predicted molar refractivity (Wildman–Crippen MR) is 61.2 cm³/mol. The Morgan fingerprint density at radius 2 is 2.00 bits per heavy atom. The molecule has 0 aromatic heterocycles. The molecule has 0 saturated heterocycles. The van der Waals surface area contributed by atoms with Crippen LogP contribution < -0.4 is 0 Å². The molecule has 2 nitrogen and oxygen atoms in total. The average molecular weight is 210 g/mol. The number of hydrogen-bond acceptors (Lipinski definition) is 2. The quantitative estimate of drug-likeness (QED) is 0.600. The van der Waals surface area contributed by atoms with Crippen molar-refractivity contribution in [3.05, 3.63) is 0 Å². The van der Waals surface area contributed by atoms with Crippen molar-refractivity contribution >= 4 is 0 Å². The molecule has 1 fully saturated rings. The molecular formula is C13H22O2. The van der Waals surface area contributed by atoms with E-state index in [0.29, 0.717) is 0 Å². The normalized spacial score (nSPS) is 36.5. The van der Waals surface area contributed by atoms with Gasteiger partial charge in [-0.05, 0) is 25.7 Å². The van der Waals surface area contributed by atoms with Gasteiger partial charge in [0.15, 0.2) is 0 Å². The van der Waals surface area contributed by atoms with E-state index >= 15 is 0 Å². The van der Waals surface area contributed by atoms with Gasteiger partial charge in [0, 0.05) is 5.41 Å². The summed E-state index contributed by atoms with van der Waals surface area (Å²) in [6.07, 6.45) is 2.47. The summed E-state index contributed by atoms with van der Waals surface area (Å²) < 4.78 is 0. The lowest BCUT2D eigenvalue weighted by Crippen LogP contribution is -2.51. The van der Waals surface area contributed by atoms with E-state index in [4.69, 9.17) is 5.11 Å². The number of rotatable bonds is 0. The van der Waals surface area contributed by atoms with Gasteiger partial charge in [-0.25, -0.2) is 0 Å². The van der Waals surface area contributed by atoms with Crippen molar-refractivity contribution in [2.45, 2.75) is 58.7 Å². The Bertz CT molecular complexity index is 283. The molecule has 0 bridgehead atoms. The highest BCUT2D eigenvalue weighted by atomic mass is 16.3. The van der Waals surface area contributed by atoms with Gasteiger partial charge in [-0.3, -0.25) is 0 Å². The smallest absolute Gasteiger partial charge is 0.133 e. The van der Waals surface area contributed by atoms with E-state index in [1.807, 2.05) is 6.92 Å². The van der Waals surface area contributed by atoms with Crippen molar-refractivity contribution in [2.24, 2.45) is 11.3 Å². The molecule has 0 unspecified atom stereocenters. The molecule has 0 aromatic carbocycles. The molecule has 86 valence electrons. The van der Waals surface area contributed by atoms with Crippen LogP contribution in [-0.4, -0.2) is 21.9 Å². The standard InChI is InChI=1S/C13H22O2/c1-10-6-5-8-12(3,4)13(10,15)9-7-11(2)14/h10-11,14-15H,5-6,8H2,1-4H3/t10-,11+,13+/m1/s1. The van der Waals surface area contributed by atoms with Gasteiger partial charge in [0.05, 0.1) is 0 Å². The van der Waals surface area contributed by atoms with Crippen molar-refractivity contribution in [3.8, 4) is 11.8 Å². The fraction of sp³-hybridized carbons (Fsp3) is 0.846. The van der Waals surface area contributed by atoms with Crippen LogP contribution in [0.3, 0.4) is 0 Å². The molecule has 2 N–H and O–H groups in total. The Kier molecular flexibility index (Phi) is 3.48. The van der Waals surface area contributed by atoms with Crippen LogP contribution >= 0.6 is 0 Å². The number of aliphatic hydroxyl groups excluding tert-OH is 1. The third-order valence-corrected chi connectivity index (χ3v) is 3.66. The molecule has 0 radical (unpaired) electrons. The second kappa shape index (κ2) is 4.15. The zero-order chi connectivity index (χ0) is 11.7. The van der Waals surface area contributed by atoms with Crippen LogP contribution in [0, 0.1) is 23.2 Å².